The fraction of sp³-hybridized carbons (Fsp3) is 0.333. The third kappa shape index (κ3) is 4.08. The van der Waals surface area contributed by atoms with Gasteiger partial charge in [0.2, 0.25) is 10.0 Å². The standard InChI is InChI=1S/C21H22ClN3O3S2/c1-14-17(22)6-3-7-18(14)23-21-24(11-12-29-21)20(26)16-8-9-19-15(13-16)5-4-10-25(19)30(2,27)28/h3,6-9,13H,4-5,10-12H2,1-2H3. The molecule has 0 unspecified atom stereocenters. The number of benzene rings is 2. The van der Waals surface area contributed by atoms with E-state index in [9.17, 15) is 13.2 Å². The van der Waals surface area contributed by atoms with Gasteiger partial charge >= 0.3 is 0 Å². The first-order chi connectivity index (χ1) is 14.3. The van der Waals surface area contributed by atoms with E-state index in [2.05, 4.69) is 0 Å². The number of anilines is 1. The summed E-state index contributed by atoms with van der Waals surface area (Å²) in [7, 11) is -3.33. The quantitative estimate of drug-likeness (QED) is 0.682. The maximum Gasteiger partial charge on any atom is 0.259 e. The number of sulfonamides is 1. The Hall–Kier alpha value is -2.03. The van der Waals surface area contributed by atoms with Gasteiger partial charge in [0.25, 0.3) is 5.91 Å². The van der Waals surface area contributed by atoms with Crippen molar-refractivity contribution in [3.63, 3.8) is 0 Å². The zero-order valence-corrected chi connectivity index (χ0v) is 19.1. The number of hydrogen-bond acceptors (Lipinski definition) is 5. The Bertz CT molecular complexity index is 1150. The van der Waals surface area contributed by atoms with Gasteiger partial charge in [-0.15, -0.1) is 0 Å². The molecule has 2 aromatic rings. The van der Waals surface area contributed by atoms with Crippen molar-refractivity contribution in [2.75, 3.05) is 29.4 Å². The van der Waals surface area contributed by atoms with Crippen molar-refractivity contribution < 1.29 is 13.2 Å². The number of fused-ring (bicyclic) bond motifs is 1. The van der Waals surface area contributed by atoms with E-state index < -0.39 is 10.0 Å². The summed E-state index contributed by atoms with van der Waals surface area (Å²) < 4.78 is 25.6. The molecule has 2 aliphatic rings. The highest BCUT2D eigenvalue weighted by atomic mass is 35.5. The molecule has 0 bridgehead atoms. The van der Waals surface area contributed by atoms with E-state index in [1.807, 2.05) is 31.2 Å². The molecule has 0 aliphatic carbocycles. The molecule has 1 saturated heterocycles. The van der Waals surface area contributed by atoms with Gasteiger partial charge in [0, 0.05) is 29.4 Å². The summed E-state index contributed by atoms with van der Waals surface area (Å²) in [6, 6.07) is 10.8. The molecule has 2 heterocycles. The lowest BCUT2D eigenvalue weighted by Gasteiger charge is -2.29. The molecule has 6 nitrogen and oxygen atoms in total. The highest BCUT2D eigenvalue weighted by Crippen LogP contribution is 2.32. The lowest BCUT2D eigenvalue weighted by Crippen LogP contribution is -2.35. The zero-order chi connectivity index (χ0) is 21.5. The monoisotopic (exact) mass is 463 g/mol. The minimum Gasteiger partial charge on any atom is -0.286 e. The topological polar surface area (TPSA) is 70.1 Å². The lowest BCUT2D eigenvalue weighted by atomic mass is 10.0. The molecule has 0 radical (unpaired) electrons. The number of thioether (sulfide) groups is 1. The van der Waals surface area contributed by atoms with Crippen LogP contribution in [0.25, 0.3) is 0 Å². The van der Waals surface area contributed by atoms with Gasteiger partial charge < -0.3 is 0 Å². The molecule has 158 valence electrons. The number of amidine groups is 1. The molecule has 2 aromatic carbocycles. The molecule has 2 aliphatic heterocycles. The first kappa shape index (κ1) is 21.2. The average Bonchev–Trinajstić information content (AvgIpc) is 3.17. The summed E-state index contributed by atoms with van der Waals surface area (Å²) in [5, 5.41) is 1.30. The van der Waals surface area contributed by atoms with Crippen LogP contribution in [0.5, 0.6) is 0 Å². The second-order valence-corrected chi connectivity index (χ2v) is 10.7. The van der Waals surface area contributed by atoms with E-state index in [-0.39, 0.29) is 5.91 Å². The second-order valence-electron chi connectivity index (χ2n) is 7.37. The number of halogens is 1. The fourth-order valence-electron chi connectivity index (χ4n) is 3.70. The van der Waals surface area contributed by atoms with Crippen molar-refractivity contribution in [1.82, 2.24) is 4.90 Å². The Morgan fingerprint density at radius 2 is 2.00 bits per heavy atom. The summed E-state index contributed by atoms with van der Waals surface area (Å²) in [6.45, 7) is 2.96. The van der Waals surface area contributed by atoms with Crippen LogP contribution in [-0.2, 0) is 16.4 Å². The van der Waals surface area contributed by atoms with Crippen LogP contribution in [0.4, 0.5) is 11.4 Å². The Kier molecular flexibility index (Phi) is 5.83. The van der Waals surface area contributed by atoms with Crippen molar-refractivity contribution in [3.05, 3.63) is 58.1 Å². The van der Waals surface area contributed by atoms with Gasteiger partial charge in [-0.1, -0.05) is 29.4 Å². The average molecular weight is 464 g/mol. The van der Waals surface area contributed by atoms with Gasteiger partial charge in [-0.05, 0) is 61.2 Å². The summed E-state index contributed by atoms with van der Waals surface area (Å²) in [4.78, 5) is 19.6. The molecule has 9 heteroatoms. The number of hydrogen-bond donors (Lipinski definition) is 0. The minimum absolute atomic E-state index is 0.127. The highest BCUT2D eigenvalue weighted by Gasteiger charge is 2.29. The van der Waals surface area contributed by atoms with Crippen LogP contribution in [-0.4, -0.2) is 49.5 Å². The van der Waals surface area contributed by atoms with E-state index >= 15 is 0 Å². The van der Waals surface area contributed by atoms with Gasteiger partial charge in [0.15, 0.2) is 5.17 Å². The van der Waals surface area contributed by atoms with Crippen LogP contribution in [0, 0.1) is 6.92 Å². The van der Waals surface area contributed by atoms with Crippen molar-refractivity contribution in [2.45, 2.75) is 19.8 Å². The smallest absolute Gasteiger partial charge is 0.259 e. The summed E-state index contributed by atoms with van der Waals surface area (Å²) >= 11 is 7.74. The van der Waals surface area contributed by atoms with Crippen LogP contribution in [0.2, 0.25) is 5.02 Å². The largest absolute Gasteiger partial charge is 0.286 e. The molecular formula is C21H22ClN3O3S2. The maximum atomic E-state index is 13.2. The predicted molar refractivity (Wildman–Crippen MR) is 124 cm³/mol. The van der Waals surface area contributed by atoms with E-state index in [0.29, 0.717) is 34.5 Å². The Morgan fingerprint density at radius 3 is 2.77 bits per heavy atom. The molecule has 4 rings (SSSR count). The van der Waals surface area contributed by atoms with E-state index in [1.54, 1.807) is 17.0 Å². The lowest BCUT2D eigenvalue weighted by molar-refractivity contribution is 0.0859. The van der Waals surface area contributed by atoms with Crippen molar-refractivity contribution in [1.29, 1.82) is 0 Å². The zero-order valence-electron chi connectivity index (χ0n) is 16.8. The first-order valence-corrected chi connectivity index (χ1v) is 12.9. The van der Waals surface area contributed by atoms with Gasteiger partial charge in [0.05, 0.1) is 17.6 Å². The van der Waals surface area contributed by atoms with E-state index in [0.717, 1.165) is 35.4 Å². The molecule has 0 N–H and O–H groups in total. The number of rotatable bonds is 3. The second kappa shape index (κ2) is 8.24. The van der Waals surface area contributed by atoms with Gasteiger partial charge in [-0.2, -0.15) is 0 Å². The molecule has 1 fully saturated rings. The molecule has 30 heavy (non-hydrogen) atoms. The summed E-state index contributed by atoms with van der Waals surface area (Å²) in [5.41, 5.74) is 3.72. The third-order valence-corrected chi connectivity index (χ3v) is 7.83. The van der Waals surface area contributed by atoms with Gasteiger partial charge in [-0.3, -0.25) is 14.0 Å². The molecule has 0 spiro atoms. The number of aliphatic imine (C=N–C) groups is 1. The van der Waals surface area contributed by atoms with Crippen LogP contribution in [0.3, 0.4) is 0 Å². The van der Waals surface area contributed by atoms with Crippen molar-refractivity contribution >= 4 is 55.8 Å². The fourth-order valence-corrected chi connectivity index (χ4v) is 5.81. The summed E-state index contributed by atoms with van der Waals surface area (Å²) in [6.07, 6.45) is 2.70. The van der Waals surface area contributed by atoms with Crippen molar-refractivity contribution in [2.24, 2.45) is 4.99 Å². The third-order valence-electron chi connectivity index (χ3n) is 5.28. The maximum absolute atomic E-state index is 13.2. The van der Waals surface area contributed by atoms with Gasteiger partial charge in [0.1, 0.15) is 0 Å². The Labute approximate surface area is 186 Å². The molecular weight excluding hydrogens is 442 g/mol. The van der Waals surface area contributed by atoms with Crippen LogP contribution >= 0.6 is 23.4 Å². The SMILES string of the molecule is Cc1c(Cl)cccc1N=C1SCCN1C(=O)c1ccc2c(c1)CCCN2S(C)(=O)=O. The summed E-state index contributed by atoms with van der Waals surface area (Å²) in [5.74, 6) is 0.648. The van der Waals surface area contributed by atoms with E-state index in [1.165, 1.54) is 22.3 Å². The Morgan fingerprint density at radius 1 is 1.20 bits per heavy atom. The van der Waals surface area contributed by atoms with Gasteiger partial charge in [-0.25, -0.2) is 13.4 Å². The highest BCUT2D eigenvalue weighted by molar-refractivity contribution is 8.14. The molecule has 1 amide bonds. The number of carbonyl (C=O) groups excluding carboxylic acids is 1. The number of carbonyl (C=O) groups is 1. The molecule has 0 aromatic heterocycles. The number of aryl methyl sites for hydroxylation is 1. The van der Waals surface area contributed by atoms with Crippen LogP contribution in [0.1, 0.15) is 27.9 Å². The molecule has 0 saturated carbocycles. The predicted octanol–water partition coefficient (Wildman–Crippen LogP) is 4.24. The minimum atomic E-state index is -3.33. The van der Waals surface area contributed by atoms with E-state index in [4.69, 9.17) is 16.6 Å². The molecule has 0 atom stereocenters. The number of amides is 1. The Balaban J connectivity index is 1.64. The first-order valence-electron chi connectivity index (χ1n) is 9.65. The van der Waals surface area contributed by atoms with Crippen LogP contribution in [0.15, 0.2) is 41.4 Å². The normalized spacial score (nSPS) is 18.0. The van der Waals surface area contributed by atoms with Crippen LogP contribution < -0.4 is 4.31 Å². The van der Waals surface area contributed by atoms with Crippen molar-refractivity contribution in [3.8, 4) is 0 Å². The number of nitrogens with zero attached hydrogens (tertiary/aromatic N) is 3.